The molecule has 0 aliphatic carbocycles. The number of carboxylic acids is 1. The van der Waals surface area contributed by atoms with Gasteiger partial charge in [0.1, 0.15) is 0 Å². The van der Waals surface area contributed by atoms with Crippen LogP contribution >= 0.6 is 0 Å². The molecule has 19 heavy (non-hydrogen) atoms. The lowest BCUT2D eigenvalue weighted by atomic mass is 9.80. The maximum Gasteiger partial charge on any atom is 0.335 e. The van der Waals surface area contributed by atoms with Crippen molar-refractivity contribution in [2.75, 3.05) is 32.0 Å². The first kappa shape index (κ1) is 13.9. The Kier molecular flexibility index (Phi) is 4.10. The summed E-state index contributed by atoms with van der Waals surface area (Å²) in [6.07, 6.45) is 2.40. The fourth-order valence-electron chi connectivity index (χ4n) is 2.38. The summed E-state index contributed by atoms with van der Waals surface area (Å²) in [5.74, 6) is -0.881. The van der Waals surface area contributed by atoms with Crippen LogP contribution in [-0.4, -0.2) is 42.7 Å². The Labute approximate surface area is 114 Å². The smallest absolute Gasteiger partial charge is 0.335 e. The second kappa shape index (κ2) is 5.61. The van der Waals surface area contributed by atoms with Gasteiger partial charge in [0.15, 0.2) is 0 Å². The molecule has 0 aromatic heterocycles. The molecule has 0 radical (unpaired) electrons. The van der Waals surface area contributed by atoms with Gasteiger partial charge in [-0.15, -0.1) is 0 Å². The summed E-state index contributed by atoms with van der Waals surface area (Å²) >= 11 is 0. The molecule has 1 fully saturated rings. The molecule has 2 rings (SSSR count). The third-order valence-electron chi connectivity index (χ3n) is 4.05. The third kappa shape index (κ3) is 3.70. The van der Waals surface area contributed by atoms with Gasteiger partial charge in [0.25, 0.3) is 0 Å². The Bertz CT molecular complexity index is 434. The molecule has 1 heterocycles. The Morgan fingerprint density at radius 2 is 1.89 bits per heavy atom. The van der Waals surface area contributed by atoms with Gasteiger partial charge >= 0.3 is 5.97 Å². The van der Waals surface area contributed by atoms with Crippen LogP contribution in [0.3, 0.4) is 0 Å². The zero-order valence-electron chi connectivity index (χ0n) is 11.6. The summed E-state index contributed by atoms with van der Waals surface area (Å²) in [7, 11) is 2.16. The van der Waals surface area contributed by atoms with Gasteiger partial charge < -0.3 is 15.3 Å². The van der Waals surface area contributed by atoms with E-state index in [1.54, 1.807) is 12.1 Å². The molecule has 1 aliphatic heterocycles. The highest BCUT2D eigenvalue weighted by Gasteiger charge is 2.28. The van der Waals surface area contributed by atoms with E-state index in [0.29, 0.717) is 11.0 Å². The van der Waals surface area contributed by atoms with E-state index in [9.17, 15) is 4.79 Å². The minimum absolute atomic E-state index is 0.330. The van der Waals surface area contributed by atoms with E-state index in [2.05, 4.69) is 24.2 Å². The molecular weight excluding hydrogens is 240 g/mol. The van der Waals surface area contributed by atoms with Gasteiger partial charge in [-0.25, -0.2) is 4.79 Å². The number of hydrogen-bond donors (Lipinski definition) is 2. The number of rotatable bonds is 4. The molecule has 1 aromatic rings. The van der Waals surface area contributed by atoms with Crippen LogP contribution in [0.15, 0.2) is 24.3 Å². The number of nitrogens with zero attached hydrogens (tertiary/aromatic N) is 1. The van der Waals surface area contributed by atoms with Crippen LogP contribution in [0.2, 0.25) is 0 Å². The van der Waals surface area contributed by atoms with Gasteiger partial charge in [0.2, 0.25) is 0 Å². The van der Waals surface area contributed by atoms with Crippen LogP contribution in [0.5, 0.6) is 0 Å². The molecule has 0 spiro atoms. The van der Waals surface area contributed by atoms with Crippen LogP contribution in [-0.2, 0) is 0 Å². The highest BCUT2D eigenvalue weighted by Crippen LogP contribution is 2.30. The minimum atomic E-state index is -0.881. The molecule has 2 N–H and O–H groups in total. The first-order chi connectivity index (χ1) is 8.98. The number of anilines is 1. The predicted molar refractivity (Wildman–Crippen MR) is 76.7 cm³/mol. The Hall–Kier alpha value is -1.55. The molecule has 4 nitrogen and oxygen atoms in total. The standard InChI is InChI=1S/C15H22N2O2/c1-15(7-9-17(2)10-8-15)11-16-13-5-3-12(4-6-13)14(18)19/h3-6,16H,7-11H2,1-2H3,(H,18,19). The quantitative estimate of drug-likeness (QED) is 0.875. The van der Waals surface area contributed by atoms with Gasteiger partial charge in [0, 0.05) is 12.2 Å². The van der Waals surface area contributed by atoms with Gasteiger partial charge in [0.05, 0.1) is 5.56 Å². The molecule has 1 aliphatic rings. The molecule has 1 aromatic carbocycles. The second-order valence-corrected chi connectivity index (χ2v) is 5.85. The van der Waals surface area contributed by atoms with Crippen molar-refractivity contribution < 1.29 is 9.90 Å². The maximum atomic E-state index is 10.8. The van der Waals surface area contributed by atoms with Crippen LogP contribution in [0, 0.1) is 5.41 Å². The summed E-state index contributed by atoms with van der Waals surface area (Å²) in [5.41, 5.74) is 1.65. The van der Waals surface area contributed by atoms with Crippen LogP contribution in [0.1, 0.15) is 30.1 Å². The molecule has 0 atom stereocenters. The highest BCUT2D eigenvalue weighted by molar-refractivity contribution is 5.87. The van der Waals surface area contributed by atoms with Gasteiger partial charge in [-0.05, 0) is 62.7 Å². The van der Waals surface area contributed by atoms with Crippen molar-refractivity contribution >= 4 is 11.7 Å². The van der Waals surface area contributed by atoms with Crippen LogP contribution in [0.25, 0.3) is 0 Å². The molecule has 0 saturated carbocycles. The van der Waals surface area contributed by atoms with Crippen LogP contribution in [0.4, 0.5) is 5.69 Å². The number of carbonyl (C=O) groups is 1. The maximum absolute atomic E-state index is 10.8. The number of carboxylic acid groups (broad SMARTS) is 1. The van der Waals surface area contributed by atoms with Crippen molar-refractivity contribution in [1.82, 2.24) is 4.90 Å². The second-order valence-electron chi connectivity index (χ2n) is 5.85. The van der Waals surface area contributed by atoms with Crippen molar-refractivity contribution in [2.24, 2.45) is 5.41 Å². The number of benzene rings is 1. The molecule has 104 valence electrons. The van der Waals surface area contributed by atoms with Gasteiger partial charge in [-0.3, -0.25) is 0 Å². The average molecular weight is 262 g/mol. The fraction of sp³-hybridized carbons (Fsp3) is 0.533. The molecular formula is C15H22N2O2. The van der Waals surface area contributed by atoms with Crippen molar-refractivity contribution in [3.05, 3.63) is 29.8 Å². The van der Waals surface area contributed by atoms with Gasteiger partial charge in [-0.2, -0.15) is 0 Å². The largest absolute Gasteiger partial charge is 0.478 e. The summed E-state index contributed by atoms with van der Waals surface area (Å²) in [4.78, 5) is 13.1. The van der Waals surface area contributed by atoms with E-state index in [0.717, 1.165) is 25.3 Å². The predicted octanol–water partition coefficient (Wildman–Crippen LogP) is 2.53. The summed E-state index contributed by atoms with van der Waals surface area (Å²) in [6, 6.07) is 6.95. The monoisotopic (exact) mass is 262 g/mol. The van der Waals surface area contributed by atoms with Crippen molar-refractivity contribution in [2.45, 2.75) is 19.8 Å². The molecule has 4 heteroatoms. The van der Waals surface area contributed by atoms with Crippen LogP contribution < -0.4 is 5.32 Å². The topological polar surface area (TPSA) is 52.6 Å². The van der Waals surface area contributed by atoms with E-state index in [1.807, 2.05) is 12.1 Å². The lowest BCUT2D eigenvalue weighted by Crippen LogP contribution is -2.40. The Morgan fingerprint density at radius 3 is 2.42 bits per heavy atom. The highest BCUT2D eigenvalue weighted by atomic mass is 16.4. The number of hydrogen-bond acceptors (Lipinski definition) is 3. The summed E-state index contributed by atoms with van der Waals surface area (Å²) < 4.78 is 0. The number of aromatic carboxylic acids is 1. The first-order valence-corrected chi connectivity index (χ1v) is 6.74. The van der Waals surface area contributed by atoms with Crippen molar-refractivity contribution in [3.63, 3.8) is 0 Å². The van der Waals surface area contributed by atoms with Crippen molar-refractivity contribution in [3.8, 4) is 0 Å². The molecule has 0 bridgehead atoms. The van der Waals surface area contributed by atoms with Gasteiger partial charge in [-0.1, -0.05) is 6.92 Å². The first-order valence-electron chi connectivity index (χ1n) is 6.74. The Morgan fingerprint density at radius 1 is 1.32 bits per heavy atom. The Balaban J connectivity index is 1.89. The number of likely N-dealkylation sites (tertiary alicyclic amines) is 1. The molecule has 1 saturated heterocycles. The van der Waals surface area contributed by atoms with E-state index in [-0.39, 0.29) is 0 Å². The lowest BCUT2D eigenvalue weighted by Gasteiger charge is -2.38. The number of nitrogens with one attached hydrogen (secondary N) is 1. The zero-order chi connectivity index (χ0) is 13.9. The zero-order valence-corrected chi connectivity index (χ0v) is 11.6. The number of piperidine rings is 1. The van der Waals surface area contributed by atoms with E-state index in [4.69, 9.17) is 5.11 Å². The SMILES string of the molecule is CN1CCC(C)(CNc2ccc(C(=O)O)cc2)CC1. The van der Waals surface area contributed by atoms with E-state index in [1.165, 1.54) is 12.8 Å². The molecule has 0 unspecified atom stereocenters. The van der Waals surface area contributed by atoms with E-state index >= 15 is 0 Å². The summed E-state index contributed by atoms with van der Waals surface area (Å²) in [6.45, 7) is 5.55. The lowest BCUT2D eigenvalue weighted by molar-refractivity contribution is 0.0697. The average Bonchev–Trinajstić information content (AvgIpc) is 2.41. The molecule has 0 amide bonds. The third-order valence-corrected chi connectivity index (χ3v) is 4.05. The fourth-order valence-corrected chi connectivity index (χ4v) is 2.38. The normalized spacial score (nSPS) is 19.1. The summed E-state index contributed by atoms with van der Waals surface area (Å²) in [5, 5.41) is 12.3. The minimum Gasteiger partial charge on any atom is -0.478 e. The van der Waals surface area contributed by atoms with E-state index < -0.39 is 5.97 Å². The van der Waals surface area contributed by atoms with Crippen molar-refractivity contribution in [1.29, 1.82) is 0 Å².